The van der Waals surface area contributed by atoms with Crippen molar-refractivity contribution in [3.8, 4) is 11.5 Å². The van der Waals surface area contributed by atoms with E-state index in [4.69, 9.17) is 9.47 Å². The Morgan fingerprint density at radius 3 is 2.45 bits per heavy atom. The molecule has 31 heavy (non-hydrogen) atoms. The van der Waals surface area contributed by atoms with Crippen LogP contribution in [0.5, 0.6) is 11.5 Å². The average Bonchev–Trinajstić information content (AvgIpc) is 3.24. The van der Waals surface area contributed by atoms with E-state index >= 15 is 0 Å². The zero-order valence-electron chi connectivity index (χ0n) is 18.6. The van der Waals surface area contributed by atoms with Crippen LogP contribution in [-0.4, -0.2) is 42.6 Å². The molecular formula is C25H32N2O4. The van der Waals surface area contributed by atoms with Crippen LogP contribution in [0.15, 0.2) is 48.5 Å². The minimum absolute atomic E-state index is 0.0270. The van der Waals surface area contributed by atoms with Gasteiger partial charge in [0.15, 0.2) is 11.5 Å². The number of aryl methyl sites for hydroxylation is 1. The maximum atomic E-state index is 13.1. The summed E-state index contributed by atoms with van der Waals surface area (Å²) in [6.45, 7) is 7.23. The molecule has 0 fully saturated rings. The third kappa shape index (κ3) is 6.48. The molecule has 1 aliphatic heterocycles. The van der Waals surface area contributed by atoms with Crippen molar-refractivity contribution >= 4 is 11.8 Å². The van der Waals surface area contributed by atoms with Crippen molar-refractivity contribution in [2.75, 3.05) is 19.9 Å². The van der Waals surface area contributed by atoms with Gasteiger partial charge < -0.3 is 19.7 Å². The van der Waals surface area contributed by atoms with Crippen LogP contribution in [-0.2, 0) is 22.4 Å². The third-order valence-corrected chi connectivity index (χ3v) is 5.40. The highest BCUT2D eigenvalue weighted by Crippen LogP contribution is 2.32. The maximum absolute atomic E-state index is 13.1. The monoisotopic (exact) mass is 424 g/mol. The van der Waals surface area contributed by atoms with Gasteiger partial charge >= 0.3 is 0 Å². The van der Waals surface area contributed by atoms with Gasteiger partial charge in [-0.3, -0.25) is 9.59 Å². The number of fused-ring (bicyclic) bond motifs is 1. The quantitative estimate of drug-likeness (QED) is 0.633. The second-order valence-corrected chi connectivity index (χ2v) is 8.33. The van der Waals surface area contributed by atoms with Gasteiger partial charge in [-0.15, -0.1) is 0 Å². The van der Waals surface area contributed by atoms with Gasteiger partial charge in [0.05, 0.1) is 0 Å². The lowest BCUT2D eigenvalue weighted by atomic mass is 10.1. The molecule has 1 aliphatic rings. The first-order valence-corrected chi connectivity index (χ1v) is 10.9. The molecule has 1 heterocycles. The second-order valence-electron chi connectivity index (χ2n) is 8.33. The van der Waals surface area contributed by atoms with Gasteiger partial charge in [0.2, 0.25) is 18.6 Å². The van der Waals surface area contributed by atoms with E-state index in [1.54, 1.807) is 11.8 Å². The molecule has 0 bridgehead atoms. The summed E-state index contributed by atoms with van der Waals surface area (Å²) in [6.07, 6.45) is 1.62. The number of rotatable bonds is 10. The SMILES string of the molecule is CC(C)CNC(=O)C(C)N(CCc1ccccc1)C(=O)CCc1ccc2c(c1)OCO2. The van der Waals surface area contributed by atoms with Crippen molar-refractivity contribution in [2.45, 2.75) is 46.1 Å². The van der Waals surface area contributed by atoms with Gasteiger partial charge in [-0.2, -0.15) is 0 Å². The summed E-state index contributed by atoms with van der Waals surface area (Å²) in [4.78, 5) is 27.5. The summed E-state index contributed by atoms with van der Waals surface area (Å²) >= 11 is 0. The minimum atomic E-state index is -0.522. The fourth-order valence-electron chi connectivity index (χ4n) is 3.51. The summed E-state index contributed by atoms with van der Waals surface area (Å²) in [7, 11) is 0. The molecule has 2 aromatic rings. The van der Waals surface area contributed by atoms with Gasteiger partial charge in [0.25, 0.3) is 0 Å². The topological polar surface area (TPSA) is 67.9 Å². The fourth-order valence-corrected chi connectivity index (χ4v) is 3.51. The van der Waals surface area contributed by atoms with Crippen molar-refractivity contribution in [3.63, 3.8) is 0 Å². The Kier molecular flexibility index (Phi) is 7.93. The smallest absolute Gasteiger partial charge is 0.242 e. The summed E-state index contributed by atoms with van der Waals surface area (Å²) in [5, 5.41) is 2.95. The molecule has 0 spiro atoms. The zero-order valence-corrected chi connectivity index (χ0v) is 18.6. The number of carbonyl (C=O) groups excluding carboxylic acids is 2. The number of benzene rings is 2. The molecule has 2 amide bonds. The van der Waals surface area contributed by atoms with Crippen LogP contribution in [0.25, 0.3) is 0 Å². The van der Waals surface area contributed by atoms with Crippen LogP contribution >= 0.6 is 0 Å². The molecule has 1 atom stereocenters. The number of hydrogen-bond donors (Lipinski definition) is 1. The Bertz CT molecular complexity index is 882. The van der Waals surface area contributed by atoms with Gasteiger partial charge in [-0.25, -0.2) is 0 Å². The number of nitrogens with one attached hydrogen (secondary N) is 1. The number of ether oxygens (including phenoxy) is 2. The average molecular weight is 425 g/mol. The van der Waals surface area contributed by atoms with Crippen molar-refractivity contribution < 1.29 is 19.1 Å². The maximum Gasteiger partial charge on any atom is 0.242 e. The molecule has 6 nitrogen and oxygen atoms in total. The van der Waals surface area contributed by atoms with E-state index < -0.39 is 6.04 Å². The van der Waals surface area contributed by atoms with E-state index in [1.165, 1.54) is 0 Å². The predicted octanol–water partition coefficient (Wildman–Crippen LogP) is 3.58. The summed E-state index contributed by atoms with van der Waals surface area (Å²) in [5.74, 6) is 1.66. The summed E-state index contributed by atoms with van der Waals surface area (Å²) in [5.41, 5.74) is 2.16. The highest BCUT2D eigenvalue weighted by molar-refractivity contribution is 5.87. The van der Waals surface area contributed by atoms with Crippen molar-refractivity contribution in [2.24, 2.45) is 5.92 Å². The largest absolute Gasteiger partial charge is 0.454 e. The van der Waals surface area contributed by atoms with Crippen molar-refractivity contribution in [1.29, 1.82) is 0 Å². The van der Waals surface area contributed by atoms with E-state index in [2.05, 4.69) is 19.2 Å². The van der Waals surface area contributed by atoms with Crippen LogP contribution in [0.4, 0.5) is 0 Å². The molecular weight excluding hydrogens is 392 g/mol. The van der Waals surface area contributed by atoms with Crippen LogP contribution in [0.1, 0.15) is 38.3 Å². The second kappa shape index (κ2) is 10.8. The lowest BCUT2D eigenvalue weighted by molar-refractivity contribution is -0.139. The Labute approximate surface area is 184 Å². The van der Waals surface area contributed by atoms with Crippen molar-refractivity contribution in [3.05, 3.63) is 59.7 Å². The molecule has 1 unspecified atom stereocenters. The van der Waals surface area contributed by atoms with Crippen LogP contribution in [0.2, 0.25) is 0 Å². The first kappa shape index (κ1) is 22.7. The van der Waals surface area contributed by atoms with Crippen molar-refractivity contribution in [1.82, 2.24) is 10.2 Å². The highest BCUT2D eigenvalue weighted by atomic mass is 16.7. The molecule has 6 heteroatoms. The number of hydrogen-bond acceptors (Lipinski definition) is 4. The molecule has 1 N–H and O–H groups in total. The van der Waals surface area contributed by atoms with Gasteiger partial charge in [0, 0.05) is 19.5 Å². The predicted molar refractivity (Wildman–Crippen MR) is 120 cm³/mol. The van der Waals surface area contributed by atoms with Crippen LogP contribution < -0.4 is 14.8 Å². The van der Waals surface area contributed by atoms with E-state index in [0.717, 1.165) is 16.9 Å². The first-order chi connectivity index (χ1) is 14.9. The molecule has 0 aliphatic carbocycles. The standard InChI is InChI=1S/C25H32N2O4/c1-18(2)16-26-25(29)19(3)27(14-13-20-7-5-4-6-8-20)24(28)12-10-21-9-11-22-23(15-21)31-17-30-22/h4-9,11,15,18-19H,10,12-14,16-17H2,1-3H3,(H,26,29). The van der Waals surface area contributed by atoms with Crippen LogP contribution in [0.3, 0.4) is 0 Å². The molecule has 2 aromatic carbocycles. The Balaban J connectivity index is 1.64. The Morgan fingerprint density at radius 1 is 0.968 bits per heavy atom. The van der Waals surface area contributed by atoms with Gasteiger partial charge in [0.1, 0.15) is 6.04 Å². The normalized spacial score (nSPS) is 13.2. The molecule has 0 radical (unpaired) electrons. The van der Waals surface area contributed by atoms with E-state index in [0.29, 0.717) is 44.0 Å². The lowest BCUT2D eigenvalue weighted by Gasteiger charge is -2.29. The Hall–Kier alpha value is -3.02. The highest BCUT2D eigenvalue weighted by Gasteiger charge is 2.25. The first-order valence-electron chi connectivity index (χ1n) is 10.9. The fraction of sp³-hybridized carbons (Fsp3) is 0.440. The molecule has 0 saturated heterocycles. The van der Waals surface area contributed by atoms with Gasteiger partial charge in [-0.1, -0.05) is 50.2 Å². The summed E-state index contributed by atoms with van der Waals surface area (Å²) in [6, 6.07) is 15.2. The molecule has 0 aromatic heterocycles. The number of amides is 2. The van der Waals surface area contributed by atoms with E-state index in [-0.39, 0.29) is 18.6 Å². The minimum Gasteiger partial charge on any atom is -0.454 e. The van der Waals surface area contributed by atoms with Crippen LogP contribution in [0, 0.1) is 5.92 Å². The van der Waals surface area contributed by atoms with E-state index in [1.807, 2.05) is 48.5 Å². The zero-order chi connectivity index (χ0) is 22.2. The van der Waals surface area contributed by atoms with Gasteiger partial charge in [-0.05, 0) is 48.9 Å². The number of nitrogens with zero attached hydrogens (tertiary/aromatic N) is 1. The molecule has 166 valence electrons. The Morgan fingerprint density at radius 2 is 1.71 bits per heavy atom. The third-order valence-electron chi connectivity index (χ3n) is 5.40. The van der Waals surface area contributed by atoms with E-state index in [9.17, 15) is 9.59 Å². The lowest BCUT2D eigenvalue weighted by Crippen LogP contribution is -2.49. The molecule has 3 rings (SSSR count). The summed E-state index contributed by atoms with van der Waals surface area (Å²) < 4.78 is 10.8. The molecule has 0 saturated carbocycles. The number of carbonyl (C=O) groups is 2.